The first-order chi connectivity index (χ1) is 12.1. The molecule has 6 heteroatoms. The molecule has 0 amide bonds. The van der Waals surface area contributed by atoms with Crippen molar-refractivity contribution in [3.8, 4) is 17.2 Å². The summed E-state index contributed by atoms with van der Waals surface area (Å²) < 4.78 is 20.7. The highest BCUT2D eigenvalue weighted by atomic mass is 16.5. The normalized spacial score (nSPS) is 14.0. The summed E-state index contributed by atoms with van der Waals surface area (Å²) in [7, 11) is 4.38. The van der Waals surface area contributed by atoms with E-state index in [0.29, 0.717) is 28.4 Å². The number of rotatable bonds is 4. The SMILES string of the molecule is COC(=O)c1ccc2c(c1)C(=O)/C(=C/c1ccc(OC)c(OC)c1)O2. The maximum Gasteiger partial charge on any atom is 0.337 e. The van der Waals surface area contributed by atoms with Crippen molar-refractivity contribution in [2.24, 2.45) is 0 Å². The highest BCUT2D eigenvalue weighted by Gasteiger charge is 2.28. The van der Waals surface area contributed by atoms with E-state index in [-0.39, 0.29) is 11.5 Å². The molecule has 0 atom stereocenters. The van der Waals surface area contributed by atoms with Crippen LogP contribution in [0.2, 0.25) is 0 Å². The molecule has 3 rings (SSSR count). The number of carbonyl (C=O) groups excluding carboxylic acids is 2. The van der Waals surface area contributed by atoms with Crippen molar-refractivity contribution in [1.29, 1.82) is 0 Å². The van der Waals surface area contributed by atoms with Gasteiger partial charge in [0.2, 0.25) is 5.78 Å². The van der Waals surface area contributed by atoms with Gasteiger partial charge in [-0.1, -0.05) is 6.07 Å². The van der Waals surface area contributed by atoms with Crippen molar-refractivity contribution < 1.29 is 28.5 Å². The molecule has 1 heterocycles. The van der Waals surface area contributed by atoms with E-state index in [1.165, 1.54) is 20.3 Å². The van der Waals surface area contributed by atoms with E-state index < -0.39 is 5.97 Å². The standard InChI is InChI=1S/C19H16O6/c1-22-15-6-4-11(8-16(15)23-2)9-17-18(20)13-10-12(19(21)24-3)5-7-14(13)25-17/h4-10H,1-3H3/b17-9-. The molecule has 0 saturated heterocycles. The number of hydrogen-bond acceptors (Lipinski definition) is 6. The van der Waals surface area contributed by atoms with Crippen molar-refractivity contribution in [1.82, 2.24) is 0 Å². The van der Waals surface area contributed by atoms with E-state index in [2.05, 4.69) is 4.74 Å². The Morgan fingerprint density at radius 2 is 1.76 bits per heavy atom. The van der Waals surface area contributed by atoms with Gasteiger partial charge in [0.25, 0.3) is 0 Å². The van der Waals surface area contributed by atoms with Gasteiger partial charge < -0.3 is 18.9 Å². The molecular formula is C19H16O6. The summed E-state index contributed by atoms with van der Waals surface area (Å²) >= 11 is 0. The van der Waals surface area contributed by atoms with Crippen LogP contribution in [0.15, 0.2) is 42.2 Å². The Morgan fingerprint density at radius 1 is 1.00 bits per heavy atom. The number of carbonyl (C=O) groups is 2. The van der Waals surface area contributed by atoms with Crippen LogP contribution in [0.3, 0.4) is 0 Å². The second-order valence-corrected chi connectivity index (χ2v) is 5.26. The summed E-state index contributed by atoms with van der Waals surface area (Å²) in [6, 6.07) is 9.87. The average Bonchev–Trinajstić information content (AvgIpc) is 2.96. The Labute approximate surface area is 144 Å². The van der Waals surface area contributed by atoms with E-state index in [1.54, 1.807) is 43.5 Å². The van der Waals surface area contributed by atoms with Gasteiger partial charge in [-0.2, -0.15) is 0 Å². The fourth-order valence-corrected chi connectivity index (χ4v) is 2.53. The van der Waals surface area contributed by atoms with Gasteiger partial charge in [-0.25, -0.2) is 4.79 Å². The maximum atomic E-state index is 12.5. The lowest BCUT2D eigenvalue weighted by Crippen LogP contribution is -2.03. The highest BCUT2D eigenvalue weighted by molar-refractivity contribution is 6.15. The summed E-state index contributed by atoms with van der Waals surface area (Å²) in [5, 5.41) is 0. The lowest BCUT2D eigenvalue weighted by atomic mass is 10.1. The van der Waals surface area contributed by atoms with Crippen molar-refractivity contribution in [3.05, 3.63) is 58.8 Å². The summed E-state index contributed by atoms with van der Waals surface area (Å²) in [5.41, 5.74) is 1.35. The zero-order valence-electron chi connectivity index (χ0n) is 14.0. The van der Waals surface area contributed by atoms with Crippen LogP contribution in [0.1, 0.15) is 26.3 Å². The third-order valence-electron chi connectivity index (χ3n) is 3.79. The summed E-state index contributed by atoms with van der Waals surface area (Å²) in [6.07, 6.45) is 1.61. The van der Waals surface area contributed by atoms with Crippen LogP contribution in [0.4, 0.5) is 0 Å². The van der Waals surface area contributed by atoms with Crippen molar-refractivity contribution >= 4 is 17.8 Å². The summed E-state index contributed by atoms with van der Waals surface area (Å²) in [5.74, 6) is 0.916. The molecule has 1 aliphatic rings. The number of hydrogen-bond donors (Lipinski definition) is 0. The molecule has 0 unspecified atom stereocenters. The maximum absolute atomic E-state index is 12.5. The molecule has 25 heavy (non-hydrogen) atoms. The van der Waals surface area contributed by atoms with Crippen LogP contribution in [0, 0.1) is 0 Å². The molecule has 0 fully saturated rings. The van der Waals surface area contributed by atoms with Gasteiger partial charge in [0.15, 0.2) is 17.3 Å². The number of allylic oxidation sites excluding steroid dienone is 1. The smallest absolute Gasteiger partial charge is 0.337 e. The van der Waals surface area contributed by atoms with Gasteiger partial charge in [-0.3, -0.25) is 4.79 Å². The Balaban J connectivity index is 1.93. The third-order valence-corrected chi connectivity index (χ3v) is 3.79. The molecule has 2 aromatic carbocycles. The number of methoxy groups -OCH3 is 3. The van der Waals surface area contributed by atoms with Gasteiger partial charge in [0, 0.05) is 0 Å². The zero-order chi connectivity index (χ0) is 18.0. The van der Waals surface area contributed by atoms with Crippen LogP contribution < -0.4 is 14.2 Å². The topological polar surface area (TPSA) is 71.1 Å². The van der Waals surface area contributed by atoms with Gasteiger partial charge in [-0.15, -0.1) is 0 Å². The van der Waals surface area contributed by atoms with Crippen molar-refractivity contribution in [3.63, 3.8) is 0 Å². The first-order valence-electron chi connectivity index (χ1n) is 7.46. The van der Waals surface area contributed by atoms with Gasteiger partial charge in [0.1, 0.15) is 5.75 Å². The predicted octanol–water partition coefficient (Wildman–Crippen LogP) is 3.11. The second kappa shape index (κ2) is 6.68. The van der Waals surface area contributed by atoms with Crippen LogP contribution in [-0.4, -0.2) is 33.1 Å². The minimum Gasteiger partial charge on any atom is -0.493 e. The lowest BCUT2D eigenvalue weighted by Gasteiger charge is -2.08. The summed E-state index contributed by atoms with van der Waals surface area (Å²) in [6.45, 7) is 0. The minimum atomic E-state index is -0.507. The van der Waals surface area contributed by atoms with Crippen molar-refractivity contribution in [2.45, 2.75) is 0 Å². The van der Waals surface area contributed by atoms with E-state index in [4.69, 9.17) is 14.2 Å². The molecular weight excluding hydrogens is 324 g/mol. The quantitative estimate of drug-likeness (QED) is 0.629. The van der Waals surface area contributed by atoms with Gasteiger partial charge >= 0.3 is 5.97 Å². The number of ketones is 1. The third kappa shape index (κ3) is 3.06. The molecule has 0 aliphatic carbocycles. The van der Waals surface area contributed by atoms with Crippen LogP contribution in [0.25, 0.3) is 6.08 Å². The minimum absolute atomic E-state index is 0.171. The molecule has 6 nitrogen and oxygen atoms in total. The number of ether oxygens (including phenoxy) is 4. The van der Waals surface area contributed by atoms with Crippen molar-refractivity contribution in [2.75, 3.05) is 21.3 Å². The van der Waals surface area contributed by atoms with Gasteiger partial charge in [-0.05, 0) is 42.0 Å². The average molecular weight is 340 g/mol. The van der Waals surface area contributed by atoms with E-state index in [0.717, 1.165) is 5.56 Å². The predicted molar refractivity (Wildman–Crippen MR) is 90.3 cm³/mol. The molecule has 0 spiro atoms. The molecule has 0 bridgehead atoms. The summed E-state index contributed by atoms with van der Waals surface area (Å²) in [4.78, 5) is 24.1. The fraction of sp³-hybridized carbons (Fsp3) is 0.158. The Hall–Kier alpha value is -3.28. The first kappa shape index (κ1) is 16.6. The Bertz CT molecular complexity index is 881. The van der Waals surface area contributed by atoms with E-state index in [9.17, 15) is 9.59 Å². The number of Topliss-reactive ketones (excluding diaryl/α,β-unsaturated/α-hetero) is 1. The van der Waals surface area contributed by atoms with E-state index >= 15 is 0 Å². The Kier molecular flexibility index (Phi) is 4.43. The molecule has 128 valence electrons. The number of esters is 1. The zero-order valence-corrected chi connectivity index (χ0v) is 14.0. The monoisotopic (exact) mass is 340 g/mol. The molecule has 0 aromatic heterocycles. The van der Waals surface area contributed by atoms with Crippen LogP contribution in [-0.2, 0) is 4.74 Å². The Morgan fingerprint density at radius 3 is 2.44 bits per heavy atom. The van der Waals surface area contributed by atoms with Crippen LogP contribution >= 0.6 is 0 Å². The first-order valence-corrected chi connectivity index (χ1v) is 7.46. The number of fused-ring (bicyclic) bond motifs is 1. The molecule has 0 N–H and O–H groups in total. The fourth-order valence-electron chi connectivity index (χ4n) is 2.53. The largest absolute Gasteiger partial charge is 0.493 e. The highest BCUT2D eigenvalue weighted by Crippen LogP contribution is 2.34. The molecule has 1 aliphatic heterocycles. The lowest BCUT2D eigenvalue weighted by molar-refractivity contribution is 0.0600. The molecule has 0 radical (unpaired) electrons. The molecule has 0 saturated carbocycles. The van der Waals surface area contributed by atoms with Gasteiger partial charge in [0.05, 0.1) is 32.5 Å². The second-order valence-electron chi connectivity index (χ2n) is 5.26. The molecule has 2 aromatic rings. The number of benzene rings is 2. The van der Waals surface area contributed by atoms with Crippen LogP contribution in [0.5, 0.6) is 17.2 Å². The van der Waals surface area contributed by atoms with E-state index in [1.807, 2.05) is 0 Å².